The van der Waals surface area contributed by atoms with E-state index in [4.69, 9.17) is 0 Å². The van der Waals surface area contributed by atoms with Crippen molar-refractivity contribution >= 4 is 25.8 Å². The Bertz CT molecular complexity index is 348. The van der Waals surface area contributed by atoms with Crippen LogP contribution in [0, 0.1) is 17.3 Å². The van der Waals surface area contributed by atoms with Crippen LogP contribution in [0.15, 0.2) is 0 Å². The normalized spacial score (nSPS) is 31.5. The van der Waals surface area contributed by atoms with Crippen molar-refractivity contribution in [2.45, 2.75) is 51.3 Å². The van der Waals surface area contributed by atoms with E-state index in [1.807, 2.05) is 0 Å². The molecule has 4 heteroatoms. The second kappa shape index (κ2) is 5.60. The van der Waals surface area contributed by atoms with Crippen LogP contribution in [0.2, 0.25) is 0 Å². The molecule has 0 spiro atoms. The van der Waals surface area contributed by atoms with Crippen LogP contribution in [0.3, 0.4) is 0 Å². The average molecular weight is 325 g/mol. The third-order valence-corrected chi connectivity index (χ3v) is 6.11. The maximum absolute atomic E-state index is 11.3. The minimum absolute atomic E-state index is 0.109. The van der Waals surface area contributed by atoms with Gasteiger partial charge in [0.1, 0.15) is 9.84 Å². The fraction of sp³-hybridized carbons (Fsp3) is 1.00. The number of rotatable bonds is 4. The van der Waals surface area contributed by atoms with Crippen LogP contribution < -0.4 is 0 Å². The highest BCUT2D eigenvalue weighted by atomic mass is 79.9. The molecule has 1 saturated carbocycles. The van der Waals surface area contributed by atoms with Gasteiger partial charge >= 0.3 is 0 Å². The number of hydrogen-bond acceptors (Lipinski definition) is 2. The van der Waals surface area contributed by atoms with E-state index in [9.17, 15) is 8.42 Å². The summed E-state index contributed by atoms with van der Waals surface area (Å²) in [6, 6.07) is 0. The van der Waals surface area contributed by atoms with Gasteiger partial charge in [-0.3, -0.25) is 0 Å². The number of alkyl halides is 1. The predicted molar refractivity (Wildman–Crippen MR) is 77.3 cm³/mol. The molecule has 3 atom stereocenters. The van der Waals surface area contributed by atoms with Gasteiger partial charge in [-0.2, -0.15) is 0 Å². The topological polar surface area (TPSA) is 34.1 Å². The van der Waals surface area contributed by atoms with Crippen LogP contribution in [0.5, 0.6) is 0 Å². The Morgan fingerprint density at radius 3 is 2.35 bits per heavy atom. The van der Waals surface area contributed by atoms with E-state index in [0.717, 1.165) is 12.3 Å². The molecule has 0 aromatic heterocycles. The quantitative estimate of drug-likeness (QED) is 0.740. The lowest BCUT2D eigenvalue weighted by Crippen LogP contribution is -2.36. The molecular weight excluding hydrogens is 300 g/mol. The summed E-state index contributed by atoms with van der Waals surface area (Å²) in [5, 5.41) is 0. The zero-order chi connectivity index (χ0) is 13.3. The molecule has 1 aliphatic carbocycles. The van der Waals surface area contributed by atoms with Gasteiger partial charge in [-0.05, 0) is 36.5 Å². The summed E-state index contributed by atoms with van der Waals surface area (Å²) in [4.78, 5) is 0.542. The van der Waals surface area contributed by atoms with Crippen LogP contribution in [-0.2, 0) is 9.84 Å². The smallest absolute Gasteiger partial charge is 0.147 e. The summed E-state index contributed by atoms with van der Waals surface area (Å²) in [6.45, 7) is 6.73. The molecule has 0 radical (unpaired) electrons. The first-order valence-electron chi connectivity index (χ1n) is 6.43. The van der Waals surface area contributed by atoms with Gasteiger partial charge in [0, 0.05) is 11.1 Å². The molecule has 0 saturated heterocycles. The highest BCUT2D eigenvalue weighted by molar-refractivity contribution is 9.09. The van der Waals surface area contributed by atoms with Gasteiger partial charge in [0.2, 0.25) is 0 Å². The summed E-state index contributed by atoms with van der Waals surface area (Å²) in [5.74, 6) is 1.70. The van der Waals surface area contributed by atoms with Crippen molar-refractivity contribution in [1.82, 2.24) is 0 Å². The van der Waals surface area contributed by atoms with Gasteiger partial charge in [0.25, 0.3) is 0 Å². The zero-order valence-corrected chi connectivity index (χ0v) is 13.8. The Morgan fingerprint density at radius 1 is 1.29 bits per heavy atom. The monoisotopic (exact) mass is 324 g/mol. The van der Waals surface area contributed by atoms with Crippen molar-refractivity contribution in [2.24, 2.45) is 17.3 Å². The molecule has 1 rings (SSSR count). The van der Waals surface area contributed by atoms with Gasteiger partial charge in [-0.15, -0.1) is 0 Å². The molecule has 17 heavy (non-hydrogen) atoms. The molecule has 0 heterocycles. The summed E-state index contributed by atoms with van der Waals surface area (Å²) < 4.78 is 22.6. The second-order valence-electron chi connectivity index (χ2n) is 6.41. The molecule has 0 bridgehead atoms. The standard InChI is InChI=1S/C13H25BrO2S/c1-10-5-6-11(12(14)9-10)13(2,3)7-8-17(4,15)16/h10-12H,5-9H2,1-4H3. The summed E-state index contributed by atoms with van der Waals surface area (Å²) in [6.07, 6.45) is 5.81. The van der Waals surface area contributed by atoms with Crippen LogP contribution in [0.1, 0.15) is 46.5 Å². The lowest BCUT2D eigenvalue weighted by molar-refractivity contribution is 0.143. The van der Waals surface area contributed by atoms with Crippen molar-refractivity contribution in [3.05, 3.63) is 0 Å². The van der Waals surface area contributed by atoms with Gasteiger partial charge in [-0.1, -0.05) is 43.1 Å². The number of hydrogen-bond donors (Lipinski definition) is 0. The fourth-order valence-corrected chi connectivity index (χ4v) is 5.34. The van der Waals surface area contributed by atoms with Crippen LogP contribution in [0.4, 0.5) is 0 Å². The maximum atomic E-state index is 11.3. The molecule has 0 N–H and O–H groups in total. The third kappa shape index (κ3) is 4.90. The van der Waals surface area contributed by atoms with Gasteiger partial charge < -0.3 is 0 Å². The Kier molecular flexibility index (Phi) is 5.10. The molecule has 0 aliphatic heterocycles. The van der Waals surface area contributed by atoms with E-state index >= 15 is 0 Å². The van der Waals surface area contributed by atoms with E-state index in [2.05, 4.69) is 36.7 Å². The summed E-state index contributed by atoms with van der Waals surface area (Å²) in [7, 11) is -2.84. The molecule has 0 aromatic rings. The van der Waals surface area contributed by atoms with E-state index in [1.165, 1.54) is 25.5 Å². The predicted octanol–water partition coefficient (Wildman–Crippen LogP) is 3.65. The second-order valence-corrected chi connectivity index (χ2v) is 9.85. The molecule has 1 fully saturated rings. The van der Waals surface area contributed by atoms with Gasteiger partial charge in [-0.25, -0.2) is 8.42 Å². The van der Waals surface area contributed by atoms with Gasteiger partial charge in [0.15, 0.2) is 0 Å². The minimum Gasteiger partial charge on any atom is -0.229 e. The largest absolute Gasteiger partial charge is 0.229 e. The summed E-state index contributed by atoms with van der Waals surface area (Å²) >= 11 is 3.80. The first kappa shape index (κ1) is 15.5. The molecule has 102 valence electrons. The number of halogens is 1. The van der Waals surface area contributed by atoms with Crippen molar-refractivity contribution in [3.63, 3.8) is 0 Å². The first-order valence-corrected chi connectivity index (χ1v) is 9.41. The van der Waals surface area contributed by atoms with Crippen molar-refractivity contribution in [3.8, 4) is 0 Å². The van der Waals surface area contributed by atoms with Crippen LogP contribution >= 0.6 is 15.9 Å². The Hall–Kier alpha value is 0.430. The maximum Gasteiger partial charge on any atom is 0.147 e. The van der Waals surface area contributed by atoms with Crippen LogP contribution in [0.25, 0.3) is 0 Å². The lowest BCUT2D eigenvalue weighted by atomic mass is 9.68. The SMILES string of the molecule is CC1CCC(C(C)(C)CCS(C)(=O)=O)C(Br)C1. The van der Waals surface area contributed by atoms with E-state index in [1.54, 1.807) is 0 Å². The lowest BCUT2D eigenvalue weighted by Gasteiger charge is -2.42. The zero-order valence-electron chi connectivity index (χ0n) is 11.4. The Labute approximate surface area is 115 Å². The van der Waals surface area contributed by atoms with Crippen molar-refractivity contribution in [1.29, 1.82) is 0 Å². The molecule has 0 amide bonds. The summed E-state index contributed by atoms with van der Waals surface area (Å²) in [5.41, 5.74) is 0.109. The van der Waals surface area contributed by atoms with E-state index in [-0.39, 0.29) is 5.41 Å². The Balaban J connectivity index is 2.63. The third-order valence-electron chi connectivity index (χ3n) is 4.16. The molecular formula is C13H25BrO2S. The van der Waals surface area contributed by atoms with Crippen LogP contribution in [-0.4, -0.2) is 25.3 Å². The van der Waals surface area contributed by atoms with E-state index in [0.29, 0.717) is 16.5 Å². The highest BCUT2D eigenvalue weighted by Crippen LogP contribution is 2.45. The van der Waals surface area contributed by atoms with Gasteiger partial charge in [0.05, 0.1) is 5.75 Å². The molecule has 3 unspecified atom stereocenters. The molecule has 2 nitrogen and oxygen atoms in total. The highest BCUT2D eigenvalue weighted by Gasteiger charge is 2.37. The Morgan fingerprint density at radius 2 is 1.88 bits per heavy atom. The average Bonchev–Trinajstić information content (AvgIpc) is 2.13. The first-order chi connectivity index (χ1) is 7.62. The molecule has 0 aromatic carbocycles. The van der Waals surface area contributed by atoms with E-state index < -0.39 is 9.84 Å². The van der Waals surface area contributed by atoms with Crippen molar-refractivity contribution in [2.75, 3.05) is 12.0 Å². The molecule has 1 aliphatic rings. The fourth-order valence-electron chi connectivity index (χ4n) is 2.83. The number of sulfone groups is 1. The van der Waals surface area contributed by atoms with Crippen molar-refractivity contribution < 1.29 is 8.42 Å². The minimum atomic E-state index is -2.84.